The Bertz CT molecular complexity index is 379. The zero-order chi connectivity index (χ0) is 16.8. The molecule has 1 rings (SSSR count). The number of carboxylic acid groups (broad SMARTS) is 1. The Labute approximate surface area is 133 Å². The van der Waals surface area contributed by atoms with E-state index in [1.807, 2.05) is 27.7 Å². The Balaban J connectivity index is 2.51. The molecule has 2 atom stereocenters. The number of likely N-dealkylation sites (tertiary alicyclic amines) is 1. The van der Waals surface area contributed by atoms with Gasteiger partial charge in [0.25, 0.3) is 0 Å². The number of rotatable bonds is 5. The van der Waals surface area contributed by atoms with E-state index >= 15 is 0 Å². The van der Waals surface area contributed by atoms with Crippen molar-refractivity contribution < 1.29 is 19.4 Å². The van der Waals surface area contributed by atoms with Crippen molar-refractivity contribution in [3.63, 3.8) is 0 Å². The zero-order valence-corrected chi connectivity index (χ0v) is 14.2. The van der Waals surface area contributed by atoms with E-state index in [2.05, 4.69) is 5.32 Å². The fourth-order valence-corrected chi connectivity index (χ4v) is 2.60. The van der Waals surface area contributed by atoms with Gasteiger partial charge in [-0.1, -0.05) is 6.42 Å². The average Bonchev–Trinajstić information content (AvgIpc) is 2.60. The number of hydrogen-bond donors (Lipinski definition) is 2. The minimum atomic E-state index is -0.773. The molecule has 6 nitrogen and oxygen atoms in total. The molecule has 0 aliphatic carbocycles. The smallest absolute Gasteiger partial charge is 0.410 e. The molecule has 0 aromatic heterocycles. The first-order valence-electron chi connectivity index (χ1n) is 8.13. The molecule has 0 bridgehead atoms. The van der Waals surface area contributed by atoms with Crippen LogP contribution in [0.5, 0.6) is 0 Å². The van der Waals surface area contributed by atoms with Crippen LogP contribution in [0.2, 0.25) is 0 Å². The summed E-state index contributed by atoms with van der Waals surface area (Å²) in [6.45, 7) is 8.93. The van der Waals surface area contributed by atoms with Crippen LogP contribution in [0.4, 0.5) is 4.79 Å². The molecule has 0 saturated carbocycles. The molecule has 1 saturated heterocycles. The van der Waals surface area contributed by atoms with E-state index in [9.17, 15) is 9.59 Å². The first-order valence-corrected chi connectivity index (χ1v) is 8.13. The summed E-state index contributed by atoms with van der Waals surface area (Å²) in [4.78, 5) is 24.6. The summed E-state index contributed by atoms with van der Waals surface area (Å²) < 4.78 is 5.45. The molecule has 0 aromatic carbocycles. The van der Waals surface area contributed by atoms with Crippen molar-refractivity contribution in [2.24, 2.45) is 0 Å². The maximum absolute atomic E-state index is 12.2. The van der Waals surface area contributed by atoms with Gasteiger partial charge in [-0.15, -0.1) is 0 Å². The molecule has 22 heavy (non-hydrogen) atoms. The quantitative estimate of drug-likeness (QED) is 0.815. The first-order chi connectivity index (χ1) is 10.2. The summed E-state index contributed by atoms with van der Waals surface area (Å²) in [5.41, 5.74) is -0.485. The van der Waals surface area contributed by atoms with E-state index in [0.717, 1.165) is 25.8 Å². The van der Waals surface area contributed by atoms with Gasteiger partial charge in [0.1, 0.15) is 5.60 Å². The summed E-state index contributed by atoms with van der Waals surface area (Å²) in [5.74, 6) is -0.773. The molecule has 128 valence electrons. The Morgan fingerprint density at radius 3 is 2.64 bits per heavy atom. The minimum Gasteiger partial charge on any atom is -0.481 e. The highest BCUT2D eigenvalue weighted by Gasteiger charge is 2.26. The largest absolute Gasteiger partial charge is 0.481 e. The van der Waals surface area contributed by atoms with Gasteiger partial charge in [-0.3, -0.25) is 4.79 Å². The van der Waals surface area contributed by atoms with E-state index < -0.39 is 11.6 Å². The van der Waals surface area contributed by atoms with Crippen molar-refractivity contribution in [1.29, 1.82) is 0 Å². The molecule has 1 heterocycles. The molecule has 2 unspecified atom stereocenters. The highest BCUT2D eigenvalue weighted by atomic mass is 16.6. The average molecular weight is 314 g/mol. The van der Waals surface area contributed by atoms with Gasteiger partial charge in [0.15, 0.2) is 0 Å². The van der Waals surface area contributed by atoms with Crippen LogP contribution < -0.4 is 5.32 Å². The molecular weight excluding hydrogens is 284 g/mol. The number of nitrogens with zero attached hydrogens (tertiary/aromatic N) is 1. The van der Waals surface area contributed by atoms with Crippen molar-refractivity contribution in [2.45, 2.75) is 77.5 Å². The second-order valence-electron chi connectivity index (χ2n) is 7.12. The summed E-state index contributed by atoms with van der Waals surface area (Å²) in [5, 5.41) is 12.2. The molecule has 1 aliphatic heterocycles. The van der Waals surface area contributed by atoms with Crippen LogP contribution >= 0.6 is 0 Å². The van der Waals surface area contributed by atoms with Crippen molar-refractivity contribution >= 4 is 12.1 Å². The lowest BCUT2D eigenvalue weighted by Gasteiger charge is -2.29. The normalized spacial score (nSPS) is 21.1. The van der Waals surface area contributed by atoms with Gasteiger partial charge in [0.2, 0.25) is 0 Å². The number of hydrogen-bond acceptors (Lipinski definition) is 4. The van der Waals surface area contributed by atoms with Crippen LogP contribution in [0.25, 0.3) is 0 Å². The van der Waals surface area contributed by atoms with Crippen molar-refractivity contribution in [3.8, 4) is 0 Å². The summed E-state index contributed by atoms with van der Waals surface area (Å²) in [7, 11) is 0. The lowest BCUT2D eigenvalue weighted by atomic mass is 10.1. The van der Waals surface area contributed by atoms with Gasteiger partial charge < -0.3 is 20.1 Å². The van der Waals surface area contributed by atoms with Crippen LogP contribution in [-0.2, 0) is 9.53 Å². The molecule has 1 fully saturated rings. The highest BCUT2D eigenvalue weighted by Crippen LogP contribution is 2.16. The highest BCUT2D eigenvalue weighted by molar-refractivity contribution is 5.68. The molecule has 0 aromatic rings. The number of carbonyl (C=O) groups is 2. The fourth-order valence-electron chi connectivity index (χ4n) is 2.60. The third-order valence-corrected chi connectivity index (χ3v) is 3.63. The molecule has 6 heteroatoms. The van der Waals surface area contributed by atoms with E-state index in [0.29, 0.717) is 13.0 Å². The van der Waals surface area contributed by atoms with Crippen LogP contribution in [0.1, 0.15) is 59.8 Å². The number of carboxylic acids is 1. The van der Waals surface area contributed by atoms with Crippen LogP contribution in [0.15, 0.2) is 0 Å². The number of ether oxygens (including phenoxy) is 1. The Kier molecular flexibility index (Phi) is 7.13. The van der Waals surface area contributed by atoms with E-state index in [1.54, 1.807) is 4.90 Å². The van der Waals surface area contributed by atoms with Crippen molar-refractivity contribution in [1.82, 2.24) is 10.2 Å². The molecule has 2 N–H and O–H groups in total. The second kappa shape index (κ2) is 8.36. The van der Waals surface area contributed by atoms with Gasteiger partial charge in [-0.05, 0) is 47.0 Å². The monoisotopic (exact) mass is 314 g/mol. The number of amides is 1. The van der Waals surface area contributed by atoms with Crippen LogP contribution in [0.3, 0.4) is 0 Å². The second-order valence-corrected chi connectivity index (χ2v) is 7.12. The Hall–Kier alpha value is -1.30. The fraction of sp³-hybridized carbons (Fsp3) is 0.875. The zero-order valence-electron chi connectivity index (χ0n) is 14.2. The number of carbonyl (C=O) groups excluding carboxylic acids is 1. The Morgan fingerprint density at radius 2 is 2.05 bits per heavy atom. The molecule has 1 aliphatic rings. The summed E-state index contributed by atoms with van der Waals surface area (Å²) in [6, 6.07) is 0.318. The van der Waals surface area contributed by atoms with E-state index in [4.69, 9.17) is 9.84 Å². The SMILES string of the molecule is CC(CCC(=O)O)NC1CCCCN(C(=O)OC(C)(C)C)C1. The van der Waals surface area contributed by atoms with Crippen molar-refractivity contribution in [3.05, 3.63) is 0 Å². The lowest BCUT2D eigenvalue weighted by Crippen LogP contribution is -2.46. The predicted molar refractivity (Wildman–Crippen MR) is 84.9 cm³/mol. The van der Waals surface area contributed by atoms with Crippen molar-refractivity contribution in [2.75, 3.05) is 13.1 Å². The first kappa shape index (κ1) is 18.7. The standard InChI is InChI=1S/C16H30N2O4/c1-12(8-9-14(19)20)17-13-7-5-6-10-18(11-13)15(21)22-16(2,3)4/h12-13,17H,5-11H2,1-4H3,(H,19,20). The maximum Gasteiger partial charge on any atom is 0.410 e. The predicted octanol–water partition coefficient (Wildman–Crippen LogP) is 2.62. The van der Waals surface area contributed by atoms with E-state index in [-0.39, 0.29) is 24.6 Å². The van der Waals surface area contributed by atoms with Gasteiger partial charge in [-0.25, -0.2) is 4.79 Å². The third kappa shape index (κ3) is 7.64. The maximum atomic E-state index is 12.2. The Morgan fingerprint density at radius 1 is 1.36 bits per heavy atom. The van der Waals surface area contributed by atoms with Crippen LogP contribution in [0, 0.1) is 0 Å². The van der Waals surface area contributed by atoms with Gasteiger partial charge in [-0.2, -0.15) is 0 Å². The van der Waals surface area contributed by atoms with Gasteiger partial charge >= 0.3 is 12.1 Å². The van der Waals surface area contributed by atoms with Gasteiger partial charge in [0.05, 0.1) is 0 Å². The van der Waals surface area contributed by atoms with E-state index in [1.165, 1.54) is 0 Å². The summed E-state index contributed by atoms with van der Waals surface area (Å²) in [6.07, 6.45) is 3.52. The molecule has 0 radical (unpaired) electrons. The van der Waals surface area contributed by atoms with Crippen LogP contribution in [-0.4, -0.2) is 52.8 Å². The number of aliphatic carboxylic acids is 1. The summed E-state index contributed by atoms with van der Waals surface area (Å²) >= 11 is 0. The molecule has 0 spiro atoms. The van der Waals surface area contributed by atoms with Gasteiger partial charge in [0, 0.05) is 31.6 Å². The lowest BCUT2D eigenvalue weighted by molar-refractivity contribution is -0.137. The molecular formula is C16H30N2O4. The molecule has 1 amide bonds. The third-order valence-electron chi connectivity index (χ3n) is 3.63. The topological polar surface area (TPSA) is 78.9 Å². The number of nitrogens with one attached hydrogen (secondary N) is 1. The minimum absolute atomic E-state index is 0.125.